The van der Waals surface area contributed by atoms with Crippen LogP contribution < -0.4 is 0 Å². The highest BCUT2D eigenvalue weighted by atomic mass is 31.2. The SMILES string of the molecule is CCCCCCCCCCCCCCCC(=O)OCC1OC(OC2C(O)C(O)C(O)C(OC3OC(CO)C(O)C(O)C3O)C2OP(=O)(O)OCC(COC(=O)CCCCCCCCCCCCCC)OC(=O)CCCCCCCCCCCCC)C(O)C(O)C1O. The van der Waals surface area contributed by atoms with Crippen LogP contribution in [0.4, 0.5) is 0 Å². The summed E-state index contributed by atoms with van der Waals surface area (Å²) in [7, 11) is -5.68. The van der Waals surface area contributed by atoms with E-state index >= 15 is 0 Å². The lowest BCUT2D eigenvalue weighted by atomic mass is 9.84. The molecule has 11 N–H and O–H groups in total. The monoisotopic (exact) mass is 1330 g/mol. The van der Waals surface area contributed by atoms with Crippen LogP contribution in [-0.2, 0) is 61.2 Å². The third kappa shape index (κ3) is 33.7. The number of carbonyl (C=O) groups excluding carboxylic acids is 3. The molecule has 2 saturated heterocycles. The minimum Gasteiger partial charge on any atom is -0.463 e. The quantitative estimate of drug-likeness (QED) is 0.0118. The van der Waals surface area contributed by atoms with Gasteiger partial charge in [0, 0.05) is 19.3 Å². The summed E-state index contributed by atoms with van der Waals surface area (Å²) in [6.45, 7) is 3.41. The molecule has 1 aliphatic carbocycles. The van der Waals surface area contributed by atoms with Crippen LogP contribution in [0.25, 0.3) is 0 Å². The number of phosphoric acid groups is 1. The lowest BCUT2D eigenvalue weighted by molar-refractivity contribution is -0.360. The second-order valence-electron chi connectivity index (χ2n) is 25.6. The Hall–Kier alpha value is -2.04. The lowest BCUT2D eigenvalue weighted by Gasteiger charge is -2.49. The first-order chi connectivity index (χ1) is 43.8. The van der Waals surface area contributed by atoms with Crippen LogP contribution in [-0.4, -0.2) is 204 Å². The lowest BCUT2D eigenvalue weighted by Crippen LogP contribution is -2.69. The van der Waals surface area contributed by atoms with E-state index in [4.69, 9.17) is 42.2 Å². The maximum absolute atomic E-state index is 14.3. The topological polar surface area (TPSA) is 374 Å². The number of hydrogen-bond donors (Lipinski definition) is 11. The van der Waals surface area contributed by atoms with E-state index < -0.39 is 156 Å². The Bertz CT molecular complexity index is 1910. The van der Waals surface area contributed by atoms with E-state index in [1.807, 2.05) is 0 Å². The van der Waals surface area contributed by atoms with E-state index in [1.54, 1.807) is 0 Å². The predicted octanol–water partition coefficient (Wildman–Crippen LogP) is 8.23. The predicted molar refractivity (Wildman–Crippen MR) is 338 cm³/mol. The van der Waals surface area contributed by atoms with Crippen LogP contribution in [0.3, 0.4) is 0 Å². The number of carbonyl (C=O) groups is 3. The molecule has 0 spiro atoms. The molecule has 536 valence electrons. The van der Waals surface area contributed by atoms with Crippen molar-refractivity contribution in [3.05, 3.63) is 0 Å². The first-order valence-corrected chi connectivity index (χ1v) is 36.8. The summed E-state index contributed by atoms with van der Waals surface area (Å²) < 4.78 is 64.8. The summed E-state index contributed by atoms with van der Waals surface area (Å²) in [5.74, 6) is -1.98. The smallest absolute Gasteiger partial charge is 0.463 e. The Morgan fingerprint density at radius 3 is 1.08 bits per heavy atom. The molecule has 1 saturated carbocycles. The van der Waals surface area contributed by atoms with Crippen molar-refractivity contribution in [2.24, 2.45) is 0 Å². The molecule has 25 heteroatoms. The van der Waals surface area contributed by atoms with Crippen molar-refractivity contribution in [3.8, 4) is 0 Å². The molecule has 2 heterocycles. The van der Waals surface area contributed by atoms with Crippen molar-refractivity contribution in [2.45, 2.75) is 375 Å². The van der Waals surface area contributed by atoms with Gasteiger partial charge in [-0.3, -0.25) is 23.4 Å². The van der Waals surface area contributed by atoms with Gasteiger partial charge in [0.15, 0.2) is 18.7 Å². The summed E-state index contributed by atoms with van der Waals surface area (Å²) in [4.78, 5) is 50.7. The van der Waals surface area contributed by atoms with Gasteiger partial charge >= 0.3 is 25.7 Å². The molecule has 0 amide bonds. The van der Waals surface area contributed by atoms with Crippen molar-refractivity contribution < 1.29 is 117 Å². The van der Waals surface area contributed by atoms with Gasteiger partial charge < -0.3 is 89.1 Å². The number of rotatable bonds is 54. The van der Waals surface area contributed by atoms with Crippen LogP contribution >= 0.6 is 7.82 Å². The fraction of sp³-hybridized carbons (Fsp3) is 0.955. The first-order valence-electron chi connectivity index (χ1n) is 35.3. The standard InChI is InChI=1S/C66H123O24P/c1-4-7-10-13-16-19-22-24-27-29-32-35-38-41-51(69)83-46-49-54(72)56(74)61(79)66(87-49)89-63-59(77)57(75)58(76)62(88-65-60(78)55(73)53(71)48(43-67)86-65)64(63)90-91(80,81)84-45-47(85-52(70)42-39-36-33-30-25-21-18-15-12-9-6-3)44-82-50(68)40-37-34-31-28-26-23-20-17-14-11-8-5-2/h47-49,53-67,71-79H,4-46H2,1-3H3,(H,80,81). The highest BCUT2D eigenvalue weighted by molar-refractivity contribution is 7.47. The Morgan fingerprint density at radius 2 is 0.703 bits per heavy atom. The maximum atomic E-state index is 14.3. The van der Waals surface area contributed by atoms with E-state index in [-0.39, 0.29) is 19.3 Å². The molecule has 24 nitrogen and oxygen atoms in total. The van der Waals surface area contributed by atoms with Crippen molar-refractivity contribution >= 4 is 25.7 Å². The Morgan fingerprint density at radius 1 is 0.385 bits per heavy atom. The van der Waals surface area contributed by atoms with E-state index in [9.17, 15) is 74.9 Å². The molecule has 3 aliphatic rings. The second kappa shape index (κ2) is 49.5. The van der Waals surface area contributed by atoms with Crippen molar-refractivity contribution in [3.63, 3.8) is 0 Å². The highest BCUT2D eigenvalue weighted by Gasteiger charge is 2.58. The van der Waals surface area contributed by atoms with Crippen LogP contribution in [0.2, 0.25) is 0 Å². The van der Waals surface area contributed by atoms with E-state index in [1.165, 1.54) is 116 Å². The van der Waals surface area contributed by atoms with Gasteiger partial charge in [-0.2, -0.15) is 0 Å². The zero-order valence-electron chi connectivity index (χ0n) is 55.4. The molecule has 0 aromatic heterocycles. The molecule has 0 aromatic carbocycles. The number of phosphoric ester groups is 1. The van der Waals surface area contributed by atoms with Crippen molar-refractivity contribution in [1.82, 2.24) is 0 Å². The van der Waals surface area contributed by atoms with Crippen LogP contribution in [0.15, 0.2) is 0 Å². The van der Waals surface area contributed by atoms with Crippen molar-refractivity contribution in [1.29, 1.82) is 0 Å². The van der Waals surface area contributed by atoms with Gasteiger partial charge in [0.25, 0.3) is 0 Å². The Balaban J connectivity index is 1.76. The molecule has 0 bridgehead atoms. The first kappa shape index (κ1) is 83.2. The van der Waals surface area contributed by atoms with Gasteiger partial charge in [0.05, 0.1) is 13.2 Å². The van der Waals surface area contributed by atoms with E-state index in [0.717, 1.165) is 96.3 Å². The number of ether oxygens (including phenoxy) is 7. The number of aliphatic hydroxyl groups is 10. The number of hydrogen-bond acceptors (Lipinski definition) is 23. The summed E-state index contributed by atoms with van der Waals surface area (Å²) >= 11 is 0. The Kier molecular flexibility index (Phi) is 45.2. The van der Waals surface area contributed by atoms with Crippen molar-refractivity contribution in [2.75, 3.05) is 26.4 Å². The van der Waals surface area contributed by atoms with Crippen LogP contribution in [0.5, 0.6) is 0 Å². The van der Waals surface area contributed by atoms with Crippen LogP contribution in [0.1, 0.15) is 271 Å². The molecule has 2 aliphatic heterocycles. The van der Waals surface area contributed by atoms with E-state index in [2.05, 4.69) is 20.8 Å². The van der Waals surface area contributed by atoms with Gasteiger partial charge in [-0.05, 0) is 19.3 Å². The molecule has 0 radical (unpaired) electrons. The zero-order chi connectivity index (χ0) is 66.8. The molecule has 91 heavy (non-hydrogen) atoms. The molecular formula is C66H123O24P. The molecule has 3 rings (SSSR count). The fourth-order valence-corrected chi connectivity index (χ4v) is 12.8. The Labute approximate surface area is 542 Å². The third-order valence-corrected chi connectivity index (χ3v) is 18.6. The van der Waals surface area contributed by atoms with Gasteiger partial charge in [-0.15, -0.1) is 0 Å². The van der Waals surface area contributed by atoms with Gasteiger partial charge in [-0.1, -0.05) is 233 Å². The minimum absolute atomic E-state index is 0.0333. The van der Waals surface area contributed by atoms with Crippen LogP contribution in [0, 0.1) is 0 Å². The van der Waals surface area contributed by atoms with E-state index in [0.29, 0.717) is 19.3 Å². The zero-order valence-corrected chi connectivity index (χ0v) is 56.3. The molecule has 0 aromatic rings. The van der Waals surface area contributed by atoms with Gasteiger partial charge in [0.1, 0.15) is 98.7 Å². The average molecular weight is 1330 g/mol. The summed E-state index contributed by atoms with van der Waals surface area (Å²) in [5.41, 5.74) is 0. The second-order valence-corrected chi connectivity index (χ2v) is 27.0. The third-order valence-electron chi connectivity index (χ3n) is 17.6. The fourth-order valence-electron chi connectivity index (χ4n) is 11.8. The average Bonchev–Trinajstić information content (AvgIpc) is 1.11. The number of unbranched alkanes of at least 4 members (excludes halogenated alkanes) is 33. The maximum Gasteiger partial charge on any atom is 0.472 e. The highest BCUT2D eigenvalue weighted by Crippen LogP contribution is 2.49. The molecule has 3 fully saturated rings. The largest absolute Gasteiger partial charge is 0.472 e. The number of aliphatic hydroxyl groups excluding tert-OH is 10. The summed E-state index contributed by atoms with van der Waals surface area (Å²) in [6, 6.07) is 0. The summed E-state index contributed by atoms with van der Waals surface area (Å²) in [6.07, 6.45) is 3.53. The molecular weight excluding hydrogens is 1210 g/mol. The van der Waals surface area contributed by atoms with Gasteiger partial charge in [-0.25, -0.2) is 4.57 Å². The summed E-state index contributed by atoms with van der Waals surface area (Å²) in [5, 5.41) is 110. The minimum atomic E-state index is -5.68. The molecule has 18 unspecified atom stereocenters. The van der Waals surface area contributed by atoms with Gasteiger partial charge in [0.2, 0.25) is 0 Å². The number of esters is 3. The molecule has 18 atom stereocenters. The normalized spacial score (nSPS) is 28.8.